The molecular formula is C13H16N4O. The highest BCUT2D eigenvalue weighted by molar-refractivity contribution is 5.75. The van der Waals surface area contributed by atoms with Crippen LogP contribution in [0.3, 0.4) is 0 Å². The molecule has 0 aliphatic carbocycles. The lowest BCUT2D eigenvalue weighted by Gasteiger charge is -2.05. The van der Waals surface area contributed by atoms with Gasteiger partial charge in [-0.25, -0.2) is 0 Å². The van der Waals surface area contributed by atoms with Gasteiger partial charge in [0.1, 0.15) is 6.54 Å². The first kappa shape index (κ1) is 12.3. The molecule has 0 fully saturated rings. The van der Waals surface area contributed by atoms with E-state index in [1.54, 1.807) is 17.1 Å². The number of hydrogen-bond acceptors (Lipinski definition) is 3. The number of amides is 1. The van der Waals surface area contributed by atoms with E-state index >= 15 is 0 Å². The van der Waals surface area contributed by atoms with Crippen LogP contribution >= 0.6 is 0 Å². The maximum atomic E-state index is 11.7. The second-order valence-corrected chi connectivity index (χ2v) is 4.01. The highest BCUT2D eigenvalue weighted by atomic mass is 16.2. The molecule has 0 radical (unpaired) electrons. The Morgan fingerprint density at radius 3 is 2.72 bits per heavy atom. The Morgan fingerprint density at radius 2 is 2.06 bits per heavy atom. The summed E-state index contributed by atoms with van der Waals surface area (Å²) in [6.45, 7) is 1.18. The Hall–Kier alpha value is -2.14. The SMILES string of the molecule is NCc1cnn(CC(=O)NCc2ccccc2)c1. The monoisotopic (exact) mass is 244 g/mol. The number of nitrogens with zero attached hydrogens (tertiary/aromatic N) is 2. The summed E-state index contributed by atoms with van der Waals surface area (Å²) in [7, 11) is 0. The van der Waals surface area contributed by atoms with Crippen LogP contribution in [0, 0.1) is 0 Å². The van der Waals surface area contributed by atoms with Gasteiger partial charge in [0, 0.05) is 24.8 Å². The molecule has 1 aromatic carbocycles. The molecule has 1 aromatic heterocycles. The first-order chi connectivity index (χ1) is 8.78. The van der Waals surface area contributed by atoms with E-state index in [0.717, 1.165) is 11.1 Å². The van der Waals surface area contributed by atoms with Crippen molar-refractivity contribution in [1.82, 2.24) is 15.1 Å². The van der Waals surface area contributed by atoms with Crippen molar-refractivity contribution in [3.05, 3.63) is 53.9 Å². The molecule has 0 spiro atoms. The summed E-state index contributed by atoms with van der Waals surface area (Å²) >= 11 is 0. The van der Waals surface area contributed by atoms with Crippen LogP contribution in [0.5, 0.6) is 0 Å². The molecule has 18 heavy (non-hydrogen) atoms. The number of aromatic nitrogens is 2. The summed E-state index contributed by atoms with van der Waals surface area (Å²) in [6, 6.07) is 9.79. The van der Waals surface area contributed by atoms with E-state index in [1.807, 2.05) is 30.3 Å². The van der Waals surface area contributed by atoms with Crippen LogP contribution < -0.4 is 11.1 Å². The van der Waals surface area contributed by atoms with E-state index in [9.17, 15) is 4.79 Å². The minimum atomic E-state index is -0.0643. The normalized spacial score (nSPS) is 10.3. The third-order valence-electron chi connectivity index (χ3n) is 2.56. The van der Waals surface area contributed by atoms with E-state index in [-0.39, 0.29) is 12.5 Å². The largest absolute Gasteiger partial charge is 0.350 e. The molecule has 3 N–H and O–H groups in total. The fourth-order valence-electron chi connectivity index (χ4n) is 1.60. The summed E-state index contributed by atoms with van der Waals surface area (Å²) in [6.07, 6.45) is 3.45. The molecule has 1 heterocycles. The molecule has 5 heteroatoms. The number of rotatable bonds is 5. The Labute approximate surface area is 106 Å². The highest BCUT2D eigenvalue weighted by Gasteiger charge is 2.04. The van der Waals surface area contributed by atoms with E-state index in [4.69, 9.17) is 5.73 Å². The second kappa shape index (κ2) is 5.97. The zero-order chi connectivity index (χ0) is 12.8. The molecule has 0 saturated carbocycles. The number of carbonyl (C=O) groups is 1. The number of benzene rings is 1. The average Bonchev–Trinajstić information content (AvgIpc) is 2.85. The smallest absolute Gasteiger partial charge is 0.241 e. The van der Waals surface area contributed by atoms with Gasteiger partial charge >= 0.3 is 0 Å². The number of nitrogens with two attached hydrogens (primary N) is 1. The molecule has 2 aromatic rings. The Bertz CT molecular complexity index is 507. The van der Waals surface area contributed by atoms with Crippen molar-refractivity contribution in [3.8, 4) is 0 Å². The number of carbonyl (C=O) groups excluding carboxylic acids is 1. The summed E-state index contributed by atoms with van der Waals surface area (Å²) in [4.78, 5) is 11.7. The van der Waals surface area contributed by atoms with Crippen molar-refractivity contribution in [2.45, 2.75) is 19.6 Å². The van der Waals surface area contributed by atoms with Gasteiger partial charge in [0.25, 0.3) is 0 Å². The number of nitrogens with one attached hydrogen (secondary N) is 1. The molecule has 0 unspecified atom stereocenters. The predicted molar refractivity (Wildman–Crippen MR) is 68.4 cm³/mol. The van der Waals surface area contributed by atoms with Crippen molar-refractivity contribution in [1.29, 1.82) is 0 Å². The Morgan fingerprint density at radius 1 is 1.28 bits per heavy atom. The Kier molecular flexibility index (Phi) is 4.09. The van der Waals surface area contributed by atoms with Crippen LogP contribution in [-0.2, 0) is 24.4 Å². The lowest BCUT2D eigenvalue weighted by atomic mass is 10.2. The predicted octanol–water partition coefficient (Wildman–Crippen LogP) is 0.658. The third kappa shape index (κ3) is 3.43. The van der Waals surface area contributed by atoms with Gasteiger partial charge in [-0.1, -0.05) is 30.3 Å². The molecule has 2 rings (SSSR count). The van der Waals surface area contributed by atoms with E-state index < -0.39 is 0 Å². The summed E-state index contributed by atoms with van der Waals surface area (Å²) in [5.74, 6) is -0.0643. The van der Waals surface area contributed by atoms with Gasteiger partial charge in [0.2, 0.25) is 5.91 Å². The van der Waals surface area contributed by atoms with Crippen molar-refractivity contribution < 1.29 is 4.79 Å². The molecule has 1 amide bonds. The van der Waals surface area contributed by atoms with Crippen LogP contribution in [0.4, 0.5) is 0 Å². The Balaban J connectivity index is 1.82. The standard InChI is InChI=1S/C13H16N4O/c14-6-12-8-16-17(9-12)10-13(18)15-7-11-4-2-1-3-5-11/h1-5,8-9H,6-7,10,14H2,(H,15,18). The van der Waals surface area contributed by atoms with Crippen molar-refractivity contribution in [2.24, 2.45) is 5.73 Å². The first-order valence-corrected chi connectivity index (χ1v) is 5.80. The van der Waals surface area contributed by atoms with Gasteiger partial charge in [-0.2, -0.15) is 5.10 Å². The van der Waals surface area contributed by atoms with Gasteiger partial charge in [-0.15, -0.1) is 0 Å². The fourth-order valence-corrected chi connectivity index (χ4v) is 1.60. The van der Waals surface area contributed by atoms with Gasteiger partial charge in [0.05, 0.1) is 6.20 Å². The van der Waals surface area contributed by atoms with Crippen LogP contribution in [0.25, 0.3) is 0 Å². The third-order valence-corrected chi connectivity index (χ3v) is 2.56. The average molecular weight is 244 g/mol. The van der Waals surface area contributed by atoms with Gasteiger partial charge in [0.15, 0.2) is 0 Å². The van der Waals surface area contributed by atoms with Crippen molar-refractivity contribution in [2.75, 3.05) is 0 Å². The summed E-state index contributed by atoms with van der Waals surface area (Å²) in [5.41, 5.74) is 7.47. The molecule has 0 bridgehead atoms. The van der Waals surface area contributed by atoms with Gasteiger partial charge in [-0.3, -0.25) is 9.48 Å². The quantitative estimate of drug-likeness (QED) is 0.811. The first-order valence-electron chi connectivity index (χ1n) is 5.80. The summed E-state index contributed by atoms with van der Waals surface area (Å²) in [5, 5.41) is 6.90. The van der Waals surface area contributed by atoms with Gasteiger partial charge < -0.3 is 11.1 Å². The molecule has 0 aliphatic heterocycles. The minimum absolute atomic E-state index is 0.0643. The molecular weight excluding hydrogens is 228 g/mol. The van der Waals surface area contributed by atoms with Crippen LogP contribution in [0.2, 0.25) is 0 Å². The van der Waals surface area contributed by atoms with Crippen LogP contribution in [0.1, 0.15) is 11.1 Å². The second-order valence-electron chi connectivity index (χ2n) is 4.01. The fraction of sp³-hybridized carbons (Fsp3) is 0.231. The molecule has 94 valence electrons. The zero-order valence-corrected chi connectivity index (χ0v) is 10.0. The maximum absolute atomic E-state index is 11.7. The molecule has 5 nitrogen and oxygen atoms in total. The van der Waals surface area contributed by atoms with E-state index in [1.165, 1.54) is 0 Å². The zero-order valence-electron chi connectivity index (χ0n) is 10.0. The van der Waals surface area contributed by atoms with Crippen LogP contribution in [-0.4, -0.2) is 15.7 Å². The molecule has 0 aliphatic rings. The summed E-state index contributed by atoms with van der Waals surface area (Å²) < 4.78 is 1.59. The minimum Gasteiger partial charge on any atom is -0.350 e. The lowest BCUT2D eigenvalue weighted by molar-refractivity contribution is -0.122. The number of hydrogen-bond donors (Lipinski definition) is 2. The van der Waals surface area contributed by atoms with Gasteiger partial charge in [-0.05, 0) is 5.56 Å². The maximum Gasteiger partial charge on any atom is 0.241 e. The lowest BCUT2D eigenvalue weighted by Crippen LogP contribution is -2.27. The van der Waals surface area contributed by atoms with Crippen LogP contribution in [0.15, 0.2) is 42.7 Å². The van der Waals surface area contributed by atoms with E-state index in [2.05, 4.69) is 10.4 Å². The molecule has 0 saturated heterocycles. The van der Waals surface area contributed by atoms with Crippen molar-refractivity contribution in [3.63, 3.8) is 0 Å². The molecule has 0 atom stereocenters. The highest BCUT2D eigenvalue weighted by Crippen LogP contribution is 1.98. The van der Waals surface area contributed by atoms with E-state index in [0.29, 0.717) is 13.1 Å². The van der Waals surface area contributed by atoms with Crippen molar-refractivity contribution >= 4 is 5.91 Å². The topological polar surface area (TPSA) is 72.9 Å².